The first-order valence-electron chi connectivity index (χ1n) is 4.98. The van der Waals surface area contributed by atoms with Gasteiger partial charge in [0, 0.05) is 18.7 Å². The fourth-order valence-electron chi connectivity index (χ4n) is 1.56. The number of carbonyl (C=O) groups is 2. The Balaban J connectivity index is 1.95. The maximum Gasteiger partial charge on any atom is 0.253 e. The predicted octanol–water partition coefficient (Wildman–Crippen LogP) is 0.860. The Kier molecular flexibility index (Phi) is 2.72. The van der Waals surface area contributed by atoms with Gasteiger partial charge in [-0.1, -0.05) is 12.1 Å². The average molecular weight is 217 g/mol. The molecule has 0 radical (unpaired) electrons. The van der Waals surface area contributed by atoms with Crippen LogP contribution < -0.4 is 0 Å². The second kappa shape index (κ2) is 4.18. The topological polar surface area (TPSA) is 57.6 Å². The molecule has 0 bridgehead atoms. The van der Waals surface area contributed by atoms with Crippen molar-refractivity contribution >= 4 is 11.8 Å². The molecule has 2 amide bonds. The molecule has 0 aromatic heterocycles. The zero-order valence-electron chi connectivity index (χ0n) is 8.59. The molecule has 2 rings (SSSR count). The van der Waals surface area contributed by atoms with Gasteiger partial charge in [0.05, 0.1) is 0 Å². The van der Waals surface area contributed by atoms with Gasteiger partial charge in [0.15, 0.2) is 0 Å². The van der Waals surface area contributed by atoms with Gasteiger partial charge in [0.2, 0.25) is 0 Å². The summed E-state index contributed by atoms with van der Waals surface area (Å²) in [6, 6.07) is 6.71. The van der Waals surface area contributed by atoms with Gasteiger partial charge in [-0.25, -0.2) is 0 Å². The second-order valence-electron chi connectivity index (χ2n) is 3.58. The molecule has 0 unspecified atom stereocenters. The third kappa shape index (κ3) is 2.11. The highest BCUT2D eigenvalue weighted by Crippen LogP contribution is 2.11. The van der Waals surface area contributed by atoms with Crippen molar-refractivity contribution in [3.63, 3.8) is 0 Å². The maximum atomic E-state index is 11.2. The zero-order valence-corrected chi connectivity index (χ0v) is 8.59. The molecule has 0 aliphatic carbocycles. The number of amides is 2. The first-order chi connectivity index (χ1) is 7.66. The van der Waals surface area contributed by atoms with E-state index in [1.165, 1.54) is 17.1 Å². The molecule has 1 N–H and O–H groups in total. The number of imide groups is 1. The van der Waals surface area contributed by atoms with Crippen LogP contribution in [0.3, 0.4) is 0 Å². The Hall–Kier alpha value is -2.10. The molecule has 1 aromatic carbocycles. The largest absolute Gasteiger partial charge is 0.508 e. The van der Waals surface area contributed by atoms with Crippen molar-refractivity contribution in [1.82, 2.24) is 4.90 Å². The molecule has 1 aliphatic heterocycles. The van der Waals surface area contributed by atoms with Crippen LogP contribution in [0.4, 0.5) is 0 Å². The highest BCUT2D eigenvalue weighted by Gasteiger charge is 2.22. The van der Waals surface area contributed by atoms with E-state index in [4.69, 9.17) is 5.11 Å². The highest BCUT2D eigenvalue weighted by molar-refractivity contribution is 6.12. The lowest BCUT2D eigenvalue weighted by Gasteiger charge is -2.13. The molecule has 0 saturated heterocycles. The molecule has 82 valence electrons. The standard InChI is InChI=1S/C12H11NO3/c14-10-3-1-9(2-4-10)7-8-13-11(15)5-6-12(13)16/h1-6,14H,7-8H2. The van der Waals surface area contributed by atoms with Gasteiger partial charge in [-0.2, -0.15) is 0 Å². The van der Waals surface area contributed by atoms with E-state index in [0.29, 0.717) is 13.0 Å². The third-order valence-corrected chi connectivity index (χ3v) is 2.46. The maximum absolute atomic E-state index is 11.2. The monoisotopic (exact) mass is 217 g/mol. The summed E-state index contributed by atoms with van der Waals surface area (Å²) in [5, 5.41) is 9.09. The first-order valence-corrected chi connectivity index (χ1v) is 4.98. The summed E-state index contributed by atoms with van der Waals surface area (Å²) in [5.74, 6) is -0.314. The fourth-order valence-corrected chi connectivity index (χ4v) is 1.56. The van der Waals surface area contributed by atoms with Crippen molar-refractivity contribution in [3.05, 3.63) is 42.0 Å². The summed E-state index contributed by atoms with van der Waals surface area (Å²) in [7, 11) is 0. The van der Waals surface area contributed by atoms with Gasteiger partial charge >= 0.3 is 0 Å². The number of nitrogens with zero attached hydrogens (tertiary/aromatic N) is 1. The highest BCUT2D eigenvalue weighted by atomic mass is 16.3. The van der Waals surface area contributed by atoms with Crippen LogP contribution >= 0.6 is 0 Å². The van der Waals surface area contributed by atoms with E-state index in [9.17, 15) is 9.59 Å². The molecule has 0 atom stereocenters. The number of benzene rings is 1. The summed E-state index contributed by atoms with van der Waals surface area (Å²) < 4.78 is 0. The number of phenolic OH excluding ortho intramolecular Hbond substituents is 1. The summed E-state index contributed by atoms with van der Waals surface area (Å²) in [6.45, 7) is 0.370. The first kappa shape index (κ1) is 10.4. The molecular weight excluding hydrogens is 206 g/mol. The van der Waals surface area contributed by atoms with Crippen LogP contribution in [0, 0.1) is 0 Å². The zero-order chi connectivity index (χ0) is 11.5. The lowest BCUT2D eigenvalue weighted by atomic mass is 10.1. The van der Waals surface area contributed by atoms with Crippen LogP contribution in [0.1, 0.15) is 5.56 Å². The normalized spacial score (nSPS) is 14.9. The van der Waals surface area contributed by atoms with Crippen LogP contribution in [0.2, 0.25) is 0 Å². The van der Waals surface area contributed by atoms with E-state index < -0.39 is 0 Å². The quantitative estimate of drug-likeness (QED) is 0.764. The molecule has 4 heteroatoms. The molecule has 1 aliphatic rings. The number of aromatic hydroxyl groups is 1. The number of hydrogen-bond acceptors (Lipinski definition) is 3. The summed E-state index contributed by atoms with van der Waals surface area (Å²) in [5.41, 5.74) is 0.977. The minimum Gasteiger partial charge on any atom is -0.508 e. The Morgan fingerprint density at radius 3 is 2.12 bits per heavy atom. The molecular formula is C12H11NO3. The van der Waals surface area contributed by atoms with Gasteiger partial charge in [0.1, 0.15) is 5.75 Å². The predicted molar refractivity (Wildman–Crippen MR) is 57.7 cm³/mol. The second-order valence-corrected chi connectivity index (χ2v) is 3.58. The molecule has 16 heavy (non-hydrogen) atoms. The van der Waals surface area contributed by atoms with Crippen molar-refractivity contribution in [3.8, 4) is 5.75 Å². The molecule has 4 nitrogen and oxygen atoms in total. The van der Waals surface area contributed by atoms with Crippen LogP contribution in [0.5, 0.6) is 5.75 Å². The van der Waals surface area contributed by atoms with E-state index in [2.05, 4.69) is 0 Å². The van der Waals surface area contributed by atoms with Crippen molar-refractivity contribution in [1.29, 1.82) is 0 Å². The summed E-state index contributed by atoms with van der Waals surface area (Å²) in [4.78, 5) is 23.7. The van der Waals surface area contributed by atoms with Crippen LogP contribution in [0.25, 0.3) is 0 Å². The Labute approximate surface area is 92.8 Å². The number of rotatable bonds is 3. The molecule has 0 spiro atoms. The molecule has 1 heterocycles. The number of phenols is 1. The van der Waals surface area contributed by atoms with E-state index >= 15 is 0 Å². The van der Waals surface area contributed by atoms with Crippen molar-refractivity contribution < 1.29 is 14.7 Å². The molecule has 0 saturated carbocycles. The van der Waals surface area contributed by atoms with E-state index in [1.54, 1.807) is 24.3 Å². The summed E-state index contributed by atoms with van der Waals surface area (Å²) >= 11 is 0. The molecule has 0 fully saturated rings. The third-order valence-electron chi connectivity index (χ3n) is 2.46. The summed E-state index contributed by atoms with van der Waals surface area (Å²) in [6.07, 6.45) is 3.15. The van der Waals surface area contributed by atoms with E-state index in [1.807, 2.05) is 0 Å². The molecule has 1 aromatic rings. The van der Waals surface area contributed by atoms with Crippen molar-refractivity contribution in [2.75, 3.05) is 6.54 Å². The fraction of sp³-hybridized carbons (Fsp3) is 0.167. The Morgan fingerprint density at radius 1 is 1.00 bits per heavy atom. The van der Waals surface area contributed by atoms with Crippen LogP contribution in [-0.2, 0) is 16.0 Å². The number of hydrogen-bond donors (Lipinski definition) is 1. The van der Waals surface area contributed by atoms with Crippen molar-refractivity contribution in [2.45, 2.75) is 6.42 Å². The SMILES string of the molecule is O=C1C=CC(=O)N1CCc1ccc(O)cc1. The van der Waals surface area contributed by atoms with Crippen molar-refractivity contribution in [2.24, 2.45) is 0 Å². The minimum atomic E-state index is -0.260. The number of carbonyl (C=O) groups excluding carboxylic acids is 2. The Morgan fingerprint density at radius 2 is 1.56 bits per heavy atom. The van der Waals surface area contributed by atoms with E-state index in [0.717, 1.165) is 5.56 Å². The van der Waals surface area contributed by atoms with Gasteiger partial charge in [-0.05, 0) is 24.1 Å². The van der Waals surface area contributed by atoms with Gasteiger partial charge in [0.25, 0.3) is 11.8 Å². The Bertz CT molecular complexity index is 430. The lowest BCUT2D eigenvalue weighted by Crippen LogP contribution is -2.31. The van der Waals surface area contributed by atoms with Gasteiger partial charge in [-0.15, -0.1) is 0 Å². The van der Waals surface area contributed by atoms with Gasteiger partial charge in [-0.3, -0.25) is 14.5 Å². The van der Waals surface area contributed by atoms with Crippen LogP contribution in [0.15, 0.2) is 36.4 Å². The van der Waals surface area contributed by atoms with Crippen LogP contribution in [-0.4, -0.2) is 28.4 Å². The average Bonchev–Trinajstić information content (AvgIpc) is 2.59. The van der Waals surface area contributed by atoms with E-state index in [-0.39, 0.29) is 17.6 Å². The van der Waals surface area contributed by atoms with Gasteiger partial charge < -0.3 is 5.11 Å². The minimum absolute atomic E-state index is 0.207. The lowest BCUT2D eigenvalue weighted by molar-refractivity contribution is -0.136. The smallest absolute Gasteiger partial charge is 0.253 e.